The molecule has 3 aromatic rings. The number of ether oxygens (including phenoxy) is 1. The van der Waals surface area contributed by atoms with Crippen molar-refractivity contribution in [1.29, 1.82) is 0 Å². The molecule has 2 atom stereocenters. The van der Waals surface area contributed by atoms with Gasteiger partial charge < -0.3 is 51.1 Å². The molecular weight excluding hydrogens is 1300 g/mol. The molecule has 0 aliphatic carbocycles. The van der Waals surface area contributed by atoms with Gasteiger partial charge in [-0.15, -0.1) is 0 Å². The number of rotatable bonds is 33. The third-order valence-corrected chi connectivity index (χ3v) is 17.2. The molecule has 28 heteroatoms. The quantitative estimate of drug-likeness (QED) is 0.0261. The summed E-state index contributed by atoms with van der Waals surface area (Å²) in [5.74, 6) is -7.44. The Bertz CT molecular complexity index is 2910. The lowest BCUT2D eigenvalue weighted by molar-refractivity contribution is -0.140. The molecule has 25 nitrogen and oxygen atoms in total. The zero-order valence-corrected chi connectivity index (χ0v) is 54.1. The van der Waals surface area contributed by atoms with Crippen LogP contribution in [-0.4, -0.2) is 259 Å². The van der Waals surface area contributed by atoms with E-state index in [2.05, 4.69) is 53.8 Å². The number of likely N-dealkylation sites (tertiary alicyclic amines) is 2. The lowest BCUT2D eigenvalue weighted by atomic mass is 9.92. The van der Waals surface area contributed by atoms with Gasteiger partial charge in [0.05, 0.1) is 63.0 Å². The summed E-state index contributed by atoms with van der Waals surface area (Å²) in [7, 11) is 1.45. The molecule has 4 heterocycles. The Morgan fingerprint density at radius 2 is 1.32 bits per heavy atom. The summed E-state index contributed by atoms with van der Waals surface area (Å²) < 4.78 is 35.5. The number of unbranched alkanes of at least 4 members (excludes halogenated alkanes) is 2. The molecule has 3 saturated heterocycles. The first-order chi connectivity index (χ1) is 43.6. The van der Waals surface area contributed by atoms with E-state index >= 15 is 0 Å². The molecule has 500 valence electrons. The molecule has 3 fully saturated rings. The summed E-state index contributed by atoms with van der Waals surface area (Å²) in [6.07, 6.45) is 10.2. The highest BCUT2D eigenvalue weighted by atomic mass is 127. The maximum Gasteiger partial charge on any atom is 0.317 e. The highest BCUT2D eigenvalue weighted by Crippen LogP contribution is 2.32. The fourth-order valence-corrected chi connectivity index (χ4v) is 11.9. The molecule has 6 amide bonds. The highest BCUT2D eigenvalue weighted by molar-refractivity contribution is 14.1. The van der Waals surface area contributed by atoms with Gasteiger partial charge in [-0.3, -0.25) is 72.7 Å². The van der Waals surface area contributed by atoms with Crippen molar-refractivity contribution in [2.75, 3.05) is 131 Å². The third kappa shape index (κ3) is 26.6. The first kappa shape index (κ1) is 73.0. The predicted octanol–water partition coefficient (Wildman–Crippen LogP) is 3.46. The lowest BCUT2D eigenvalue weighted by Crippen LogP contribution is -2.52. The van der Waals surface area contributed by atoms with Crippen LogP contribution in [0.1, 0.15) is 99.4 Å². The van der Waals surface area contributed by atoms with Crippen molar-refractivity contribution in [1.82, 2.24) is 55.7 Å². The van der Waals surface area contributed by atoms with E-state index in [0.717, 1.165) is 46.1 Å². The summed E-state index contributed by atoms with van der Waals surface area (Å²) in [5.41, 5.74) is 1.93. The number of halogens is 3. The van der Waals surface area contributed by atoms with Crippen LogP contribution in [0.2, 0.25) is 0 Å². The topological polar surface area (TPSA) is 316 Å². The maximum absolute atomic E-state index is 14.1. The molecule has 0 saturated carbocycles. The van der Waals surface area contributed by atoms with Crippen LogP contribution in [0.5, 0.6) is 5.75 Å². The Morgan fingerprint density at radius 3 is 1.93 bits per heavy atom. The molecule has 0 radical (unpaired) electrons. The smallest absolute Gasteiger partial charge is 0.317 e. The minimum absolute atomic E-state index is 0.0767. The monoisotopic (exact) mass is 1390 g/mol. The van der Waals surface area contributed by atoms with E-state index < -0.39 is 79.1 Å². The number of carbonyl (C=O) groups is 9. The zero-order chi connectivity index (χ0) is 65.7. The van der Waals surface area contributed by atoms with Crippen LogP contribution in [0.15, 0.2) is 59.7 Å². The molecule has 3 aliphatic rings. The largest absolute Gasteiger partial charge is 0.494 e. The summed E-state index contributed by atoms with van der Waals surface area (Å²) in [6.45, 7) is 1.70. The minimum atomic E-state index is -3.05. The molecule has 0 unspecified atom stereocenters. The number of amides is 6. The van der Waals surface area contributed by atoms with Crippen LogP contribution >= 0.6 is 22.6 Å². The van der Waals surface area contributed by atoms with E-state index in [1.807, 2.05) is 29.2 Å². The molecule has 0 spiro atoms. The van der Waals surface area contributed by atoms with Crippen molar-refractivity contribution >= 4 is 93.1 Å². The van der Waals surface area contributed by atoms with Crippen LogP contribution in [-0.2, 0) is 44.8 Å². The van der Waals surface area contributed by atoms with Crippen LogP contribution in [0.3, 0.4) is 0 Å². The summed E-state index contributed by atoms with van der Waals surface area (Å²) >= 11 is 2.24. The van der Waals surface area contributed by atoms with Crippen molar-refractivity contribution < 1.29 is 72.0 Å². The Kier molecular flexibility index (Phi) is 30.6. The number of benzene rings is 2. The van der Waals surface area contributed by atoms with Gasteiger partial charge in [0.15, 0.2) is 0 Å². The van der Waals surface area contributed by atoms with Crippen molar-refractivity contribution in [3.05, 3.63) is 69.4 Å². The number of aryl methyl sites for hydroxylation is 1. The van der Waals surface area contributed by atoms with Crippen molar-refractivity contribution in [2.24, 2.45) is 10.9 Å². The molecule has 91 heavy (non-hydrogen) atoms. The summed E-state index contributed by atoms with van der Waals surface area (Å²) in [4.78, 5) is 133. The Balaban J connectivity index is 0.922. The number of alkyl halides is 2. The number of aliphatic imine (C=N–C) groups is 1. The SMILES string of the molecule is C/N=C/[C@H]1CC(F)(F)CN1C(=O)CNC(=O)c1ccnc2ccc(OCCCC3CCN(C(=O)CCCCCNC(=O)[C@H](CCCNC(=O)CCCc4ccc(I)cc4)NC(=O)CN4CCN(CC(=O)O)CCN(CC(=O)O)CCN(CC(=O)O)CC4)CC3)cc12. The van der Waals surface area contributed by atoms with Crippen LogP contribution in [0, 0.1) is 9.49 Å². The van der Waals surface area contributed by atoms with E-state index in [1.54, 1.807) is 37.8 Å². The molecule has 3 aliphatic heterocycles. The van der Waals surface area contributed by atoms with E-state index in [0.29, 0.717) is 93.8 Å². The van der Waals surface area contributed by atoms with Gasteiger partial charge in [-0.25, -0.2) is 8.78 Å². The number of pyridine rings is 1. The van der Waals surface area contributed by atoms with Gasteiger partial charge in [0.2, 0.25) is 29.5 Å². The third-order valence-electron chi connectivity index (χ3n) is 16.5. The molecule has 0 bridgehead atoms. The number of hydrogen-bond donors (Lipinski definition) is 7. The second-order valence-corrected chi connectivity index (χ2v) is 24.8. The normalized spacial score (nSPS) is 17.8. The van der Waals surface area contributed by atoms with Gasteiger partial charge in [-0.2, -0.15) is 0 Å². The second kappa shape index (κ2) is 38.1. The average Bonchev–Trinajstić information content (AvgIpc) is 2.30. The number of hydrogen-bond acceptors (Lipinski definition) is 16. The molecule has 6 rings (SSSR count). The lowest BCUT2D eigenvalue weighted by Gasteiger charge is -2.33. The fraction of sp³-hybridized carbons (Fsp3) is 0.603. The van der Waals surface area contributed by atoms with Gasteiger partial charge in [0, 0.05) is 126 Å². The van der Waals surface area contributed by atoms with Crippen molar-refractivity contribution in [3.63, 3.8) is 0 Å². The maximum atomic E-state index is 14.1. The van der Waals surface area contributed by atoms with Crippen LogP contribution < -0.4 is 26.0 Å². The van der Waals surface area contributed by atoms with Crippen molar-refractivity contribution in [3.8, 4) is 5.75 Å². The molecule has 7 N–H and O–H groups in total. The first-order valence-electron chi connectivity index (χ1n) is 31.4. The Morgan fingerprint density at radius 1 is 0.703 bits per heavy atom. The van der Waals surface area contributed by atoms with E-state index in [-0.39, 0.29) is 109 Å². The number of carbonyl (C=O) groups excluding carboxylic acids is 6. The first-order valence-corrected chi connectivity index (χ1v) is 32.5. The van der Waals surface area contributed by atoms with Gasteiger partial charge in [-0.05, 0) is 135 Å². The summed E-state index contributed by atoms with van der Waals surface area (Å²) in [5, 5.41) is 40.7. The average molecular weight is 1390 g/mol. The van der Waals surface area contributed by atoms with Crippen LogP contribution in [0.25, 0.3) is 10.9 Å². The van der Waals surface area contributed by atoms with Gasteiger partial charge in [0.25, 0.3) is 11.8 Å². The van der Waals surface area contributed by atoms with E-state index in [9.17, 15) is 67.3 Å². The number of carboxylic acids is 3. The number of aliphatic carboxylic acids is 3. The van der Waals surface area contributed by atoms with E-state index in [1.165, 1.54) is 25.5 Å². The van der Waals surface area contributed by atoms with Gasteiger partial charge >= 0.3 is 17.9 Å². The number of aromatic nitrogens is 1. The number of piperidine rings is 1. The van der Waals surface area contributed by atoms with Crippen LogP contribution in [0.4, 0.5) is 8.78 Å². The molecule has 1 aromatic heterocycles. The van der Waals surface area contributed by atoms with Crippen molar-refractivity contribution in [2.45, 2.75) is 108 Å². The highest BCUT2D eigenvalue weighted by Gasteiger charge is 2.46. The fourth-order valence-electron chi connectivity index (χ4n) is 11.5. The van der Waals surface area contributed by atoms with Gasteiger partial charge in [0.1, 0.15) is 11.8 Å². The summed E-state index contributed by atoms with van der Waals surface area (Å²) in [6, 6.07) is 13.0. The Labute approximate surface area is 543 Å². The number of carboxylic acid groups (broad SMARTS) is 3. The standard InChI is InChI=1S/C63H89F2IN12O13/c1-67-38-48-37-63(64,65)44-78(48)57(82)39-71-61(89)50-19-24-68-52-18-17-49(36-51(50)52)91-35-7-9-46-20-25-77(26-21-46)56(81)12-3-2-4-22-70-62(90)53(10-6-23-69-54(79)11-5-8-45-13-15-47(66)16-14-45)72-55(80)40-73-27-29-74(41-58(83)84)31-33-76(43-60(87)88)34-32-75(30-28-73)42-59(85)86/h13-19,24,36,38,46,48,53H,2-12,20-23,25-35,37,39-44H2,1H3,(H,69,79)(H,70,90)(H,71,89)(H,72,80)(H,83,84)(H,85,86)(H,87,88)/b67-38+/t48-,53+/m1/s1. The van der Waals surface area contributed by atoms with Gasteiger partial charge in [-0.1, -0.05) is 18.6 Å². The number of nitrogens with zero attached hydrogens (tertiary/aromatic N) is 8. The number of fused-ring (bicyclic) bond motifs is 1. The predicted molar refractivity (Wildman–Crippen MR) is 344 cm³/mol. The minimum Gasteiger partial charge on any atom is -0.494 e. The second-order valence-electron chi connectivity index (χ2n) is 23.6. The zero-order valence-electron chi connectivity index (χ0n) is 52.0. The molecule has 2 aromatic carbocycles. The molecular formula is C63H89F2IN12O13. The Hall–Kier alpha value is -7.02. The number of nitrogens with one attached hydrogen (secondary N) is 4. The van der Waals surface area contributed by atoms with E-state index in [4.69, 9.17) is 4.74 Å².